The number of alkyl halides is 3. The molecule has 4 heterocycles. The summed E-state index contributed by atoms with van der Waals surface area (Å²) in [7, 11) is 0. The summed E-state index contributed by atoms with van der Waals surface area (Å²) in [5, 5.41) is 2.76. The van der Waals surface area contributed by atoms with Gasteiger partial charge in [-0.2, -0.15) is 13.2 Å². The minimum absolute atomic E-state index is 0.0139. The molecule has 0 unspecified atom stereocenters. The van der Waals surface area contributed by atoms with E-state index in [9.17, 15) is 32.3 Å². The monoisotopic (exact) mass is 771 g/mol. The summed E-state index contributed by atoms with van der Waals surface area (Å²) in [6, 6.07) is 20.3. The van der Waals surface area contributed by atoms with E-state index >= 15 is 0 Å². The summed E-state index contributed by atoms with van der Waals surface area (Å²) in [5.41, 5.74) is 1.02. The maximum atomic E-state index is 14.4. The number of cyclic esters (lactones) is 1. The van der Waals surface area contributed by atoms with Crippen LogP contribution in [0.4, 0.5) is 18.0 Å². The van der Waals surface area contributed by atoms with E-state index in [1.54, 1.807) is 6.08 Å². The Labute approximate surface area is 325 Å². The van der Waals surface area contributed by atoms with Gasteiger partial charge in [-0.3, -0.25) is 19.3 Å². The number of carbonyl (C=O) groups is 4. The van der Waals surface area contributed by atoms with Crippen LogP contribution in [0.2, 0.25) is 0 Å². The van der Waals surface area contributed by atoms with Crippen molar-refractivity contribution in [1.82, 2.24) is 24.9 Å². The number of carbonyl (C=O) groups excluding carboxylic acids is 4. The smallest absolute Gasteiger partial charge is 0.416 e. The number of hydrogen-bond acceptors (Lipinski definition) is 6. The van der Waals surface area contributed by atoms with Gasteiger partial charge in [0.2, 0.25) is 17.7 Å². The molecule has 0 aliphatic carbocycles. The lowest BCUT2D eigenvalue weighted by atomic mass is 9.87. The highest BCUT2D eigenvalue weighted by Crippen LogP contribution is 2.39. The number of benzene rings is 3. The van der Waals surface area contributed by atoms with Gasteiger partial charge in [0, 0.05) is 32.1 Å². The first-order chi connectivity index (χ1) is 27.1. The maximum absolute atomic E-state index is 14.4. The summed E-state index contributed by atoms with van der Waals surface area (Å²) in [6.45, 7) is 3.21. The van der Waals surface area contributed by atoms with Gasteiger partial charge in [-0.25, -0.2) is 4.79 Å². The predicted octanol–water partition coefficient (Wildman–Crippen LogP) is 6.43. The molecule has 4 amide bonds. The fourth-order valence-electron chi connectivity index (χ4n) is 8.55. The average molecular weight is 772 g/mol. The molecule has 0 radical (unpaired) electrons. The minimum atomic E-state index is -4.56. The molecule has 296 valence electrons. The Morgan fingerprint density at radius 2 is 1.57 bits per heavy atom. The van der Waals surface area contributed by atoms with Crippen LogP contribution < -0.4 is 5.32 Å². The van der Waals surface area contributed by atoms with Crippen LogP contribution in [0.25, 0.3) is 6.08 Å². The van der Waals surface area contributed by atoms with Gasteiger partial charge in [-0.15, -0.1) is 0 Å². The average Bonchev–Trinajstić information content (AvgIpc) is 3.60. The molecule has 4 atom stereocenters. The van der Waals surface area contributed by atoms with Crippen molar-refractivity contribution >= 4 is 29.9 Å². The van der Waals surface area contributed by atoms with Crippen molar-refractivity contribution in [2.45, 2.75) is 87.9 Å². The van der Waals surface area contributed by atoms with Crippen LogP contribution in [-0.2, 0) is 31.8 Å². The number of hydrogen-bond donors (Lipinski definition) is 1. The topological polar surface area (TPSA) is 103 Å². The van der Waals surface area contributed by atoms with Crippen LogP contribution in [0.15, 0.2) is 91.0 Å². The fraction of sp³-hybridized carbons (Fsp3) is 0.442. The van der Waals surface area contributed by atoms with Crippen molar-refractivity contribution in [3.05, 3.63) is 113 Å². The Balaban J connectivity index is 1.14. The highest BCUT2D eigenvalue weighted by Gasteiger charge is 2.58. The summed E-state index contributed by atoms with van der Waals surface area (Å²) in [4.78, 5) is 62.9. The van der Waals surface area contributed by atoms with E-state index in [0.717, 1.165) is 49.2 Å². The lowest BCUT2D eigenvalue weighted by Gasteiger charge is -2.52. The number of likely N-dealkylation sites (tertiary alicyclic amines) is 3. The largest absolute Gasteiger partial charge is 0.447 e. The van der Waals surface area contributed by atoms with Crippen molar-refractivity contribution in [3.8, 4) is 0 Å². The van der Waals surface area contributed by atoms with Crippen LogP contribution in [0, 0.1) is 0 Å². The van der Waals surface area contributed by atoms with Gasteiger partial charge in [-0.05, 0) is 74.0 Å². The second-order valence-electron chi connectivity index (χ2n) is 15.0. The number of rotatable bonds is 12. The number of nitrogens with one attached hydrogen (secondary N) is 1. The van der Waals surface area contributed by atoms with Gasteiger partial charge in [0.25, 0.3) is 0 Å². The molecule has 0 bridgehead atoms. The second-order valence-corrected chi connectivity index (χ2v) is 15.0. The van der Waals surface area contributed by atoms with E-state index in [2.05, 4.69) is 10.2 Å². The molecule has 10 nitrogen and oxygen atoms in total. The van der Waals surface area contributed by atoms with Gasteiger partial charge < -0.3 is 24.8 Å². The number of β-lactam (4-membered cyclic amide) rings is 1. The third-order valence-electron chi connectivity index (χ3n) is 11.5. The van der Waals surface area contributed by atoms with Crippen LogP contribution in [-0.4, -0.2) is 100 Å². The molecule has 4 aliphatic rings. The maximum Gasteiger partial charge on any atom is 0.416 e. The van der Waals surface area contributed by atoms with E-state index in [4.69, 9.17) is 4.74 Å². The van der Waals surface area contributed by atoms with Crippen molar-refractivity contribution in [2.24, 2.45) is 0 Å². The SMILES string of the molecule is O=C(NCc1cccc(C(F)(F)F)c1)[C@@H](CCC(=O)N1CCC(N2CCCCC2)CC1)N1C(=O)[C@@H](N2C(=O)OC[C@@H]2c2ccccc2)[C@H]1/C=C/c1ccccc1. The fourth-order valence-corrected chi connectivity index (χ4v) is 8.55. The van der Waals surface area contributed by atoms with Crippen LogP contribution >= 0.6 is 0 Å². The lowest BCUT2D eigenvalue weighted by molar-refractivity contribution is -0.163. The summed E-state index contributed by atoms with van der Waals surface area (Å²) >= 11 is 0. The summed E-state index contributed by atoms with van der Waals surface area (Å²) in [5.74, 6) is -1.21. The van der Waals surface area contributed by atoms with Crippen LogP contribution in [0.5, 0.6) is 0 Å². The van der Waals surface area contributed by atoms with E-state index in [1.165, 1.54) is 41.2 Å². The molecule has 0 aromatic heterocycles. The first-order valence-electron chi connectivity index (χ1n) is 19.6. The molecule has 13 heteroatoms. The Bertz CT molecular complexity index is 1880. The van der Waals surface area contributed by atoms with E-state index in [-0.39, 0.29) is 37.5 Å². The highest BCUT2D eigenvalue weighted by atomic mass is 19.4. The van der Waals surface area contributed by atoms with Crippen molar-refractivity contribution in [3.63, 3.8) is 0 Å². The number of halogens is 3. The Hall–Kier alpha value is -5.17. The summed E-state index contributed by atoms with van der Waals surface area (Å²) in [6.07, 6.45) is 3.76. The van der Waals surface area contributed by atoms with Crippen molar-refractivity contribution in [1.29, 1.82) is 0 Å². The highest BCUT2D eigenvalue weighted by molar-refractivity contribution is 5.98. The quantitative estimate of drug-likeness (QED) is 0.213. The Kier molecular flexibility index (Phi) is 12.1. The zero-order valence-electron chi connectivity index (χ0n) is 31.3. The van der Waals surface area contributed by atoms with E-state index in [0.29, 0.717) is 19.1 Å². The zero-order valence-corrected chi connectivity index (χ0v) is 31.3. The van der Waals surface area contributed by atoms with E-state index in [1.807, 2.05) is 71.6 Å². The molecule has 4 fully saturated rings. The van der Waals surface area contributed by atoms with Gasteiger partial charge in [0.15, 0.2) is 0 Å². The standard InChI is InChI=1S/C43H48F3N5O5/c44-43(45,46)33-16-10-13-31(27-33)28-47-40(53)36(19-20-38(52)49-25-21-34(22-26-49)48-23-8-3-9-24-48)50-35(18-17-30-11-4-1-5-12-30)39(41(50)54)51-37(29-56-42(51)55)32-14-6-2-7-15-32/h1-2,4-7,10-18,27,34-37,39H,3,8-9,19-26,28-29H2,(H,47,53)/b18-17+/t35-,36-,37-,39+/m1/s1. The molecule has 7 rings (SSSR count). The molecule has 4 aliphatic heterocycles. The minimum Gasteiger partial charge on any atom is -0.447 e. The van der Waals surface area contributed by atoms with Gasteiger partial charge >= 0.3 is 12.3 Å². The molecule has 3 aromatic carbocycles. The third-order valence-corrected chi connectivity index (χ3v) is 11.5. The zero-order chi connectivity index (χ0) is 39.2. The van der Waals surface area contributed by atoms with Crippen molar-refractivity contribution in [2.75, 3.05) is 32.8 Å². The molecule has 3 aromatic rings. The van der Waals surface area contributed by atoms with Gasteiger partial charge in [-0.1, -0.05) is 91.4 Å². The molecule has 4 saturated heterocycles. The Morgan fingerprint density at radius 3 is 2.27 bits per heavy atom. The molecule has 1 N–H and O–H groups in total. The number of ether oxygens (including phenoxy) is 1. The van der Waals surface area contributed by atoms with E-state index < -0.39 is 53.8 Å². The first-order valence-corrected chi connectivity index (χ1v) is 19.6. The van der Waals surface area contributed by atoms with Gasteiger partial charge in [0.05, 0.1) is 17.6 Å². The van der Waals surface area contributed by atoms with Crippen LogP contribution in [0.1, 0.15) is 73.2 Å². The molecular formula is C43H48F3N5O5. The van der Waals surface area contributed by atoms with Crippen LogP contribution in [0.3, 0.4) is 0 Å². The Morgan fingerprint density at radius 1 is 0.875 bits per heavy atom. The molecule has 0 saturated carbocycles. The molecule has 0 spiro atoms. The predicted molar refractivity (Wildman–Crippen MR) is 204 cm³/mol. The third kappa shape index (κ3) is 8.77. The number of piperidine rings is 2. The second kappa shape index (κ2) is 17.3. The molecule has 56 heavy (non-hydrogen) atoms. The molecular weight excluding hydrogens is 723 g/mol. The lowest BCUT2D eigenvalue weighted by Crippen LogP contribution is -2.74. The number of amides is 4. The van der Waals surface area contributed by atoms with Crippen molar-refractivity contribution < 1.29 is 37.1 Å². The first kappa shape index (κ1) is 39.1. The normalized spacial score (nSPS) is 22.9. The summed E-state index contributed by atoms with van der Waals surface area (Å²) < 4.78 is 46.0. The number of nitrogens with zero attached hydrogens (tertiary/aromatic N) is 4. The van der Waals surface area contributed by atoms with Gasteiger partial charge in [0.1, 0.15) is 18.7 Å².